The Morgan fingerprint density at radius 3 is 1.84 bits per heavy atom. The van der Waals surface area contributed by atoms with Crippen LogP contribution in [0.15, 0.2) is 6.20 Å². The Morgan fingerprint density at radius 2 is 1.25 bits per heavy atom. The number of aromatic nitrogens is 3. The Balaban J connectivity index is 1.69. The number of rotatable bonds is 36. The molecule has 2 fully saturated rings. The first kappa shape index (κ1) is 60.3. The minimum absolute atomic E-state index is 0.0318. The molecule has 2 amide bonds. The van der Waals surface area contributed by atoms with Crippen LogP contribution < -0.4 is 10.6 Å². The molecule has 0 spiro atoms. The smallest absolute Gasteiger partial charge is 0.306 e. The molecule has 1 aromatic heterocycles. The quantitative estimate of drug-likeness (QED) is 0.0345. The lowest BCUT2D eigenvalue weighted by Gasteiger charge is -2.45. The fourth-order valence-electron chi connectivity index (χ4n) is 8.01. The number of unbranched alkanes of at least 4 members (excludes halogenated alkanes) is 15. The molecule has 2 saturated heterocycles. The summed E-state index contributed by atoms with van der Waals surface area (Å²) >= 11 is 1.23. The van der Waals surface area contributed by atoms with Gasteiger partial charge in [0.25, 0.3) is 0 Å². The third-order valence-corrected chi connectivity index (χ3v) is 13.4. The van der Waals surface area contributed by atoms with Crippen molar-refractivity contribution in [1.82, 2.24) is 20.3 Å². The second-order valence-corrected chi connectivity index (χ2v) is 19.2. The highest BCUT2D eigenvalue weighted by atomic mass is 32.2. The van der Waals surface area contributed by atoms with E-state index in [9.17, 15) is 54.9 Å². The summed E-state index contributed by atoms with van der Waals surface area (Å²) in [7, 11) is 0. The molecule has 22 heteroatoms. The van der Waals surface area contributed by atoms with Gasteiger partial charge in [-0.3, -0.25) is 19.2 Å². The molecule has 0 radical (unpaired) electrons. The minimum atomic E-state index is -1.84. The largest absolute Gasteiger partial charge is 0.462 e. The van der Waals surface area contributed by atoms with Crippen LogP contribution >= 0.6 is 11.8 Å². The number of carbonyl (C=O) groups excluding carboxylic acids is 4. The van der Waals surface area contributed by atoms with Crippen molar-refractivity contribution in [2.75, 3.05) is 36.6 Å². The number of aliphatic hydroxyl groups is 7. The van der Waals surface area contributed by atoms with Crippen LogP contribution in [0.25, 0.3) is 0 Å². The molecule has 3 heterocycles. The van der Waals surface area contributed by atoms with Crippen LogP contribution in [-0.2, 0) is 42.9 Å². The highest BCUT2D eigenvalue weighted by Gasteiger charge is 2.51. The number of carbonyl (C=O) groups is 4. The van der Waals surface area contributed by atoms with Crippen molar-refractivity contribution in [3.63, 3.8) is 0 Å². The standard InChI is InChI=1S/C47H83N5O16S/c1-4-7-10-13-16-19-22-36(55)48-32(30-69-29-31(65-38(57)24-21-18-15-12-9-6-3)28-64-37(56)23-20-17-14-11-8-5-2)45(63)49-35-25-52(51-50-35)46-42(61)41(60)44(34(27-54)66-46)68-47-43(62)40(59)39(58)33(26-53)67-47/h25,31-34,39-44,46-47,53-54,58-62H,4-24,26-30H2,1-3H3,(H,48,55)(H,49,63)/t31-,32-,33?,34?,39?,40?,41?,42?,43?,44?,46-,47?/m1/s1. The molecule has 1 aromatic rings. The molecule has 69 heavy (non-hydrogen) atoms. The van der Waals surface area contributed by atoms with E-state index in [2.05, 4.69) is 41.7 Å². The van der Waals surface area contributed by atoms with E-state index < -0.39 is 98.6 Å². The monoisotopic (exact) mass is 1010 g/mol. The van der Waals surface area contributed by atoms with E-state index in [1.54, 1.807) is 0 Å². The van der Waals surface area contributed by atoms with Crippen molar-refractivity contribution < 1.29 is 78.6 Å². The number of anilines is 1. The molecule has 21 nitrogen and oxygen atoms in total. The van der Waals surface area contributed by atoms with Gasteiger partial charge < -0.3 is 70.1 Å². The lowest BCUT2D eigenvalue weighted by atomic mass is 9.96. The van der Waals surface area contributed by atoms with Gasteiger partial charge in [-0.05, 0) is 19.3 Å². The van der Waals surface area contributed by atoms with E-state index in [0.717, 1.165) is 101 Å². The molecule has 2 aliphatic rings. The highest BCUT2D eigenvalue weighted by Crippen LogP contribution is 2.33. The number of thioether (sulfide) groups is 1. The van der Waals surface area contributed by atoms with Crippen LogP contribution in [0.5, 0.6) is 0 Å². The summed E-state index contributed by atoms with van der Waals surface area (Å²) in [5, 5.41) is 86.2. The third kappa shape index (κ3) is 21.7. The van der Waals surface area contributed by atoms with Crippen molar-refractivity contribution in [3.05, 3.63) is 6.20 Å². The Labute approximate surface area is 411 Å². The maximum Gasteiger partial charge on any atom is 0.306 e. The van der Waals surface area contributed by atoms with Gasteiger partial charge in [0.1, 0.15) is 67.6 Å². The van der Waals surface area contributed by atoms with E-state index in [0.29, 0.717) is 19.3 Å². The molecule has 0 saturated carbocycles. The van der Waals surface area contributed by atoms with E-state index in [-0.39, 0.29) is 55.1 Å². The van der Waals surface area contributed by atoms with Crippen LogP contribution in [0.1, 0.15) is 162 Å². The minimum Gasteiger partial charge on any atom is -0.462 e. The predicted octanol–water partition coefficient (Wildman–Crippen LogP) is 2.94. The number of nitrogens with zero attached hydrogens (tertiary/aromatic N) is 3. The fourth-order valence-corrected chi connectivity index (χ4v) is 9.04. The van der Waals surface area contributed by atoms with E-state index in [1.807, 2.05) is 0 Å². The average Bonchev–Trinajstić information content (AvgIpc) is 3.80. The Morgan fingerprint density at radius 1 is 0.681 bits per heavy atom. The first-order chi connectivity index (χ1) is 33.3. The molecular formula is C47H83N5O16S. The van der Waals surface area contributed by atoms with E-state index >= 15 is 0 Å². The van der Waals surface area contributed by atoms with Gasteiger partial charge in [0.15, 0.2) is 18.3 Å². The molecule has 398 valence electrons. The number of esters is 2. The highest BCUT2D eigenvalue weighted by molar-refractivity contribution is 7.99. The number of nitrogens with one attached hydrogen (secondary N) is 2. The van der Waals surface area contributed by atoms with Crippen LogP contribution in [0, 0.1) is 0 Å². The molecular weight excluding hydrogens is 923 g/mol. The zero-order valence-electron chi connectivity index (χ0n) is 40.9. The number of hydrogen-bond acceptors (Lipinski definition) is 19. The van der Waals surface area contributed by atoms with Crippen molar-refractivity contribution in [3.8, 4) is 0 Å². The third-order valence-electron chi connectivity index (χ3n) is 12.2. The van der Waals surface area contributed by atoms with E-state index in [4.69, 9.17) is 23.7 Å². The average molecular weight is 1010 g/mol. The fraction of sp³-hybridized carbons (Fsp3) is 0.872. The number of amides is 2. The maximum absolute atomic E-state index is 13.9. The summed E-state index contributed by atoms with van der Waals surface area (Å²) in [5.41, 5.74) is 0. The summed E-state index contributed by atoms with van der Waals surface area (Å²) in [6, 6.07) is -1.11. The zero-order chi connectivity index (χ0) is 50.6. The molecule has 0 aromatic carbocycles. The molecule has 0 bridgehead atoms. The van der Waals surface area contributed by atoms with Gasteiger partial charge in [0, 0.05) is 30.8 Å². The molecule has 3 rings (SSSR count). The van der Waals surface area contributed by atoms with Gasteiger partial charge >= 0.3 is 11.9 Å². The molecule has 9 unspecified atom stereocenters. The van der Waals surface area contributed by atoms with Gasteiger partial charge in [0.2, 0.25) is 11.8 Å². The summed E-state index contributed by atoms with van der Waals surface area (Å²) in [5.74, 6) is -1.73. The molecule has 2 aliphatic heterocycles. The first-order valence-corrected chi connectivity index (χ1v) is 26.5. The number of ether oxygens (including phenoxy) is 5. The van der Waals surface area contributed by atoms with Crippen molar-refractivity contribution >= 4 is 41.3 Å². The van der Waals surface area contributed by atoms with Gasteiger partial charge in [-0.25, -0.2) is 4.68 Å². The summed E-state index contributed by atoms with van der Waals surface area (Å²) in [4.78, 5) is 52.7. The van der Waals surface area contributed by atoms with Gasteiger partial charge in [-0.15, -0.1) is 5.10 Å². The Hall–Kier alpha value is -3.03. The second-order valence-electron chi connectivity index (χ2n) is 18.1. The summed E-state index contributed by atoms with van der Waals surface area (Å²) in [6.07, 6.45) is 2.43. The SMILES string of the molecule is CCCCCCCCC(=O)N[C@H](CSC[C@@H](COC(=O)CCCCCCCC)OC(=O)CCCCCCCC)C(=O)Nc1cn([C@@H]2OC(CO)C(OC3OC(CO)C(O)C(O)C3O)C(O)C2O)nn1. The summed E-state index contributed by atoms with van der Waals surface area (Å²) in [6.45, 7) is 4.73. The lowest BCUT2D eigenvalue weighted by Crippen LogP contribution is -2.63. The zero-order valence-corrected chi connectivity index (χ0v) is 41.8. The predicted molar refractivity (Wildman–Crippen MR) is 254 cm³/mol. The van der Waals surface area contributed by atoms with Crippen molar-refractivity contribution in [2.45, 2.75) is 229 Å². The Kier molecular flexibility index (Phi) is 30.0. The molecule has 9 N–H and O–H groups in total. The number of aliphatic hydroxyl groups excluding tert-OH is 7. The molecule has 12 atom stereocenters. The van der Waals surface area contributed by atoms with Crippen LogP contribution in [0.4, 0.5) is 5.82 Å². The normalized spacial score (nSPS) is 25.7. The van der Waals surface area contributed by atoms with Gasteiger partial charge in [-0.1, -0.05) is 122 Å². The topological polar surface area (TPSA) is 311 Å². The first-order valence-electron chi connectivity index (χ1n) is 25.3. The summed E-state index contributed by atoms with van der Waals surface area (Å²) < 4.78 is 29.2. The van der Waals surface area contributed by atoms with Crippen LogP contribution in [-0.4, -0.2) is 173 Å². The van der Waals surface area contributed by atoms with Crippen LogP contribution in [0.3, 0.4) is 0 Å². The van der Waals surface area contributed by atoms with Gasteiger partial charge in [0.05, 0.1) is 19.4 Å². The van der Waals surface area contributed by atoms with Crippen molar-refractivity contribution in [1.29, 1.82) is 0 Å². The van der Waals surface area contributed by atoms with Gasteiger partial charge in [-0.2, -0.15) is 11.8 Å². The van der Waals surface area contributed by atoms with Crippen LogP contribution in [0.2, 0.25) is 0 Å². The second kappa shape index (κ2) is 34.4. The number of hydrogen-bond donors (Lipinski definition) is 9. The lowest BCUT2D eigenvalue weighted by molar-refractivity contribution is -0.347. The van der Waals surface area contributed by atoms with E-state index in [1.165, 1.54) is 18.0 Å². The van der Waals surface area contributed by atoms with Crippen molar-refractivity contribution in [2.24, 2.45) is 0 Å². The maximum atomic E-state index is 13.9. The molecule has 0 aliphatic carbocycles. The Bertz CT molecular complexity index is 1590.